The van der Waals surface area contributed by atoms with Crippen molar-refractivity contribution >= 4 is 11.6 Å². The summed E-state index contributed by atoms with van der Waals surface area (Å²) in [6.45, 7) is 2.20. The van der Waals surface area contributed by atoms with Gasteiger partial charge in [0.15, 0.2) is 0 Å². The van der Waals surface area contributed by atoms with Crippen LogP contribution in [0.4, 0.5) is 13.2 Å². The van der Waals surface area contributed by atoms with Gasteiger partial charge < -0.3 is 9.47 Å². The molecule has 0 saturated carbocycles. The van der Waals surface area contributed by atoms with E-state index in [1.807, 2.05) is 0 Å². The van der Waals surface area contributed by atoms with Crippen LogP contribution in [-0.2, 0) is 4.74 Å². The van der Waals surface area contributed by atoms with Gasteiger partial charge in [-0.15, -0.1) is 0 Å². The Bertz CT molecular complexity index is 559. The Balaban J connectivity index is 1.73. The Labute approximate surface area is 136 Å². The summed E-state index contributed by atoms with van der Waals surface area (Å²) < 4.78 is 49.3. The fraction of sp³-hybridized carbons (Fsp3) is 0.714. The monoisotopic (exact) mass is 351 g/mol. The summed E-state index contributed by atoms with van der Waals surface area (Å²) in [7, 11) is 0. The van der Waals surface area contributed by atoms with E-state index in [-0.39, 0.29) is 17.9 Å². The Morgan fingerprint density at radius 3 is 2.57 bits per heavy atom. The molecule has 0 radical (unpaired) electrons. The fourth-order valence-electron chi connectivity index (χ4n) is 3.23. The Morgan fingerprint density at radius 2 is 1.96 bits per heavy atom. The first-order valence-corrected chi connectivity index (χ1v) is 7.72. The van der Waals surface area contributed by atoms with Gasteiger partial charge in [0, 0.05) is 30.5 Å². The molecule has 0 aliphatic carbocycles. The molecule has 0 amide bonds. The van der Waals surface area contributed by atoms with E-state index in [0.717, 1.165) is 0 Å². The van der Waals surface area contributed by atoms with E-state index in [1.54, 1.807) is 6.92 Å². The highest BCUT2D eigenvalue weighted by Crippen LogP contribution is 2.33. The number of nitrogens with zero attached hydrogens (tertiary/aromatic N) is 3. The average Bonchev–Trinajstić information content (AvgIpc) is 2.43. The molecule has 0 N–H and O–H groups in total. The molecular weight excluding hydrogens is 335 g/mol. The van der Waals surface area contributed by atoms with E-state index in [4.69, 9.17) is 21.1 Å². The maximum atomic E-state index is 12.6. The number of hydrogen-bond donors (Lipinski definition) is 0. The van der Waals surface area contributed by atoms with Crippen LogP contribution >= 0.6 is 11.6 Å². The van der Waals surface area contributed by atoms with Crippen molar-refractivity contribution < 1.29 is 22.6 Å². The van der Waals surface area contributed by atoms with Crippen LogP contribution in [0.15, 0.2) is 6.33 Å². The first-order valence-electron chi connectivity index (χ1n) is 7.34. The zero-order chi connectivity index (χ0) is 16.6. The van der Waals surface area contributed by atoms with Crippen LogP contribution in [0, 0.1) is 18.8 Å². The first-order chi connectivity index (χ1) is 10.8. The molecule has 5 nitrogen and oxygen atoms in total. The van der Waals surface area contributed by atoms with E-state index >= 15 is 0 Å². The maximum absolute atomic E-state index is 12.6. The van der Waals surface area contributed by atoms with Crippen LogP contribution in [-0.4, -0.2) is 60.0 Å². The highest BCUT2D eigenvalue weighted by atomic mass is 35.5. The van der Waals surface area contributed by atoms with Crippen LogP contribution in [0.25, 0.3) is 0 Å². The molecule has 2 aliphatic rings. The van der Waals surface area contributed by atoms with Gasteiger partial charge in [-0.05, 0) is 6.92 Å². The van der Waals surface area contributed by atoms with Crippen molar-refractivity contribution in [2.45, 2.75) is 19.2 Å². The zero-order valence-electron chi connectivity index (χ0n) is 12.5. The molecule has 3 rings (SSSR count). The lowest BCUT2D eigenvalue weighted by molar-refractivity contribution is -0.172. The summed E-state index contributed by atoms with van der Waals surface area (Å²) in [6, 6.07) is 0. The first kappa shape index (κ1) is 16.7. The Hall–Kier alpha value is -1.12. The van der Waals surface area contributed by atoms with Crippen molar-refractivity contribution in [2.24, 2.45) is 11.8 Å². The van der Waals surface area contributed by atoms with E-state index in [2.05, 4.69) is 9.97 Å². The van der Waals surface area contributed by atoms with Crippen molar-refractivity contribution in [3.8, 4) is 5.88 Å². The number of ether oxygens (including phenoxy) is 2. The molecule has 2 aliphatic heterocycles. The van der Waals surface area contributed by atoms with Gasteiger partial charge in [-0.25, -0.2) is 9.97 Å². The van der Waals surface area contributed by atoms with E-state index < -0.39 is 12.7 Å². The highest BCUT2D eigenvalue weighted by Gasteiger charge is 2.44. The molecule has 23 heavy (non-hydrogen) atoms. The summed E-state index contributed by atoms with van der Waals surface area (Å²) in [6.07, 6.45) is -3.10. The quantitative estimate of drug-likeness (QED) is 0.782. The van der Waals surface area contributed by atoms with Crippen molar-refractivity contribution in [3.05, 3.63) is 17.0 Å². The molecule has 2 saturated heterocycles. The third kappa shape index (κ3) is 3.87. The Morgan fingerprint density at radius 1 is 1.30 bits per heavy atom. The minimum atomic E-state index is -4.19. The van der Waals surface area contributed by atoms with Gasteiger partial charge in [-0.2, -0.15) is 13.2 Å². The SMILES string of the molecule is Cc1c(Cl)ncnc1OC1C2COCC1CN(CC(F)(F)F)C2. The van der Waals surface area contributed by atoms with Gasteiger partial charge in [0.25, 0.3) is 0 Å². The van der Waals surface area contributed by atoms with E-state index in [1.165, 1.54) is 11.2 Å². The minimum absolute atomic E-state index is 0.127. The molecule has 2 fully saturated rings. The van der Waals surface area contributed by atoms with Gasteiger partial charge >= 0.3 is 6.18 Å². The van der Waals surface area contributed by atoms with Gasteiger partial charge in [0.2, 0.25) is 5.88 Å². The van der Waals surface area contributed by atoms with Gasteiger partial charge in [-0.3, -0.25) is 4.90 Å². The lowest BCUT2D eigenvalue weighted by Crippen LogP contribution is -2.58. The minimum Gasteiger partial charge on any atom is -0.473 e. The van der Waals surface area contributed by atoms with Gasteiger partial charge in [-0.1, -0.05) is 11.6 Å². The second kappa shape index (κ2) is 6.41. The molecule has 3 heterocycles. The molecule has 1 aromatic rings. The summed E-state index contributed by atoms with van der Waals surface area (Å²) in [5.74, 6) is 0.132. The molecule has 9 heteroatoms. The second-order valence-corrected chi connectivity index (χ2v) is 6.40. The number of hydrogen-bond acceptors (Lipinski definition) is 5. The normalized spacial score (nSPS) is 28.7. The van der Waals surface area contributed by atoms with Crippen molar-refractivity contribution in [1.29, 1.82) is 0 Å². The predicted molar refractivity (Wildman–Crippen MR) is 76.5 cm³/mol. The summed E-state index contributed by atoms with van der Waals surface area (Å²) >= 11 is 5.96. The lowest BCUT2D eigenvalue weighted by atomic mass is 9.84. The number of halogens is 4. The van der Waals surface area contributed by atoms with Gasteiger partial charge in [0.05, 0.1) is 19.8 Å². The van der Waals surface area contributed by atoms with Crippen molar-refractivity contribution in [2.75, 3.05) is 32.8 Å². The molecule has 0 spiro atoms. The lowest BCUT2D eigenvalue weighted by Gasteiger charge is -2.46. The Kier molecular flexibility index (Phi) is 4.66. The molecular formula is C14H17ClF3N3O2. The standard InChI is InChI=1S/C14H17ClF3N3O2/c1-8-12(15)19-7-20-13(8)23-11-9-2-21(6-14(16,17)18)3-10(11)5-22-4-9/h7,9-11H,2-6H2,1H3. The number of aromatic nitrogens is 2. The third-order valence-corrected chi connectivity index (χ3v) is 4.59. The van der Waals surface area contributed by atoms with Crippen molar-refractivity contribution in [3.63, 3.8) is 0 Å². The fourth-order valence-corrected chi connectivity index (χ4v) is 3.36. The summed E-state index contributed by atoms with van der Waals surface area (Å²) in [5, 5.41) is 0.311. The smallest absolute Gasteiger partial charge is 0.401 e. The topological polar surface area (TPSA) is 47.5 Å². The van der Waals surface area contributed by atoms with Crippen LogP contribution in [0.2, 0.25) is 5.15 Å². The summed E-state index contributed by atoms with van der Waals surface area (Å²) in [4.78, 5) is 9.39. The number of piperidine rings is 1. The van der Waals surface area contributed by atoms with Crippen LogP contribution < -0.4 is 4.74 Å². The van der Waals surface area contributed by atoms with Crippen LogP contribution in [0.5, 0.6) is 5.88 Å². The number of rotatable bonds is 3. The number of likely N-dealkylation sites (tertiary alicyclic amines) is 1. The molecule has 0 aromatic carbocycles. The van der Waals surface area contributed by atoms with E-state index in [0.29, 0.717) is 42.9 Å². The van der Waals surface area contributed by atoms with Crippen LogP contribution in [0.3, 0.4) is 0 Å². The average molecular weight is 352 g/mol. The molecule has 2 unspecified atom stereocenters. The molecule has 128 valence electrons. The number of fused-ring (bicyclic) bond motifs is 2. The van der Waals surface area contributed by atoms with Crippen LogP contribution in [0.1, 0.15) is 5.56 Å². The molecule has 2 bridgehead atoms. The maximum Gasteiger partial charge on any atom is 0.401 e. The third-order valence-electron chi connectivity index (χ3n) is 4.21. The predicted octanol–water partition coefficient (Wildman–Crippen LogP) is 2.33. The largest absolute Gasteiger partial charge is 0.473 e. The second-order valence-electron chi connectivity index (χ2n) is 6.04. The van der Waals surface area contributed by atoms with E-state index in [9.17, 15) is 13.2 Å². The number of alkyl halides is 3. The highest BCUT2D eigenvalue weighted by molar-refractivity contribution is 6.30. The summed E-state index contributed by atoms with van der Waals surface area (Å²) in [5.41, 5.74) is 0.630. The van der Waals surface area contributed by atoms with Gasteiger partial charge in [0.1, 0.15) is 17.6 Å². The molecule has 1 aromatic heterocycles. The molecule has 2 atom stereocenters. The van der Waals surface area contributed by atoms with Crippen molar-refractivity contribution in [1.82, 2.24) is 14.9 Å². The zero-order valence-corrected chi connectivity index (χ0v) is 13.3.